The van der Waals surface area contributed by atoms with Gasteiger partial charge in [-0.15, -0.1) is 0 Å². The number of imide groups is 1. The van der Waals surface area contributed by atoms with Crippen LogP contribution in [0.1, 0.15) is 34.8 Å². The summed E-state index contributed by atoms with van der Waals surface area (Å²) in [5, 5.41) is 3.77. The van der Waals surface area contributed by atoms with Gasteiger partial charge in [0.05, 0.1) is 17.9 Å². The lowest BCUT2D eigenvalue weighted by atomic mass is 10.1. The number of amides is 2. The fraction of sp³-hybridized carbons (Fsp3) is 0.179. The molecule has 0 aliphatic carbocycles. The minimum Gasteiger partial charge on any atom is -0.462 e. The molecule has 4 rings (SSSR count). The number of esters is 1. The molecule has 1 aliphatic rings. The van der Waals surface area contributed by atoms with Crippen LogP contribution in [0, 0.1) is 13.8 Å². The van der Waals surface area contributed by atoms with Crippen molar-refractivity contribution >= 4 is 52.5 Å². The second kappa shape index (κ2) is 11.0. The number of ether oxygens (including phenoxy) is 1. The monoisotopic (exact) mass is 520 g/mol. The molecule has 0 atom stereocenters. The topological polar surface area (TPSA) is 75.7 Å². The minimum absolute atomic E-state index is 0.144. The zero-order chi connectivity index (χ0) is 25.8. The maximum atomic E-state index is 13.8. The number of hydrogen-bond donors (Lipinski definition) is 1. The predicted molar refractivity (Wildman–Crippen MR) is 143 cm³/mol. The second-order valence-corrected chi connectivity index (χ2v) is 9.82. The molecule has 0 fully saturated rings. The summed E-state index contributed by atoms with van der Waals surface area (Å²) in [4.78, 5) is 42.2. The summed E-state index contributed by atoms with van der Waals surface area (Å²) in [5.74, 6) is -1.66. The van der Waals surface area contributed by atoms with Crippen LogP contribution in [-0.4, -0.2) is 24.4 Å². The van der Waals surface area contributed by atoms with Gasteiger partial charge in [0, 0.05) is 15.6 Å². The molecular weight excluding hydrogens is 496 g/mol. The lowest BCUT2D eigenvalue weighted by molar-refractivity contribution is -0.120. The lowest BCUT2D eigenvalue weighted by Crippen LogP contribution is -2.33. The molecule has 8 heteroatoms. The molecule has 184 valence electrons. The lowest BCUT2D eigenvalue weighted by Gasteiger charge is -2.18. The van der Waals surface area contributed by atoms with E-state index in [1.165, 1.54) is 11.8 Å². The molecule has 0 unspecified atom stereocenters. The van der Waals surface area contributed by atoms with Gasteiger partial charge in [-0.1, -0.05) is 54.6 Å². The molecule has 0 bridgehead atoms. The highest BCUT2D eigenvalue weighted by Gasteiger charge is 2.42. The summed E-state index contributed by atoms with van der Waals surface area (Å²) in [7, 11) is 0. The third-order valence-electron chi connectivity index (χ3n) is 5.53. The third-order valence-corrected chi connectivity index (χ3v) is 6.87. The zero-order valence-corrected chi connectivity index (χ0v) is 21.7. The molecule has 2 amide bonds. The number of halogens is 1. The van der Waals surface area contributed by atoms with Gasteiger partial charge in [0.2, 0.25) is 0 Å². The van der Waals surface area contributed by atoms with Crippen LogP contribution in [0.5, 0.6) is 0 Å². The molecule has 1 N–H and O–H groups in total. The molecule has 0 saturated carbocycles. The summed E-state index contributed by atoms with van der Waals surface area (Å²) in [6, 6.07) is 19.3. The average Bonchev–Trinajstić information content (AvgIpc) is 3.09. The molecule has 36 heavy (non-hydrogen) atoms. The molecule has 0 radical (unpaired) electrons. The minimum atomic E-state index is -0.587. The first-order chi connectivity index (χ1) is 17.3. The molecule has 1 heterocycles. The van der Waals surface area contributed by atoms with E-state index in [1.54, 1.807) is 48.5 Å². The summed E-state index contributed by atoms with van der Waals surface area (Å²) in [5.41, 5.74) is 3.12. The Morgan fingerprint density at radius 2 is 1.72 bits per heavy atom. The van der Waals surface area contributed by atoms with E-state index >= 15 is 0 Å². The van der Waals surface area contributed by atoms with Gasteiger partial charge in [0.25, 0.3) is 11.8 Å². The van der Waals surface area contributed by atoms with Gasteiger partial charge in [-0.25, -0.2) is 9.69 Å². The van der Waals surface area contributed by atoms with Crippen molar-refractivity contribution in [1.29, 1.82) is 0 Å². The first-order valence-corrected chi connectivity index (χ1v) is 12.7. The van der Waals surface area contributed by atoms with Crippen molar-refractivity contribution in [2.45, 2.75) is 32.1 Å². The van der Waals surface area contributed by atoms with E-state index in [2.05, 4.69) is 5.32 Å². The number of thioether (sulfide) groups is 1. The van der Waals surface area contributed by atoms with Crippen molar-refractivity contribution in [2.24, 2.45) is 0 Å². The predicted octanol–water partition coefficient (Wildman–Crippen LogP) is 6.51. The van der Waals surface area contributed by atoms with Crippen molar-refractivity contribution in [2.75, 3.05) is 16.8 Å². The second-order valence-electron chi connectivity index (χ2n) is 8.30. The standard InChI is InChI=1S/C28H25ClN2O4S/c1-4-15-35-28(34)21-7-5-6-8-23(21)31-26(32)24(30-22-16-17(2)9-10-18(22)3)25(27(31)33)36-20-13-11-19(29)12-14-20/h5-14,16,30H,4,15H2,1-3H3. The summed E-state index contributed by atoms with van der Waals surface area (Å²) in [6.07, 6.45) is 0.656. The quantitative estimate of drug-likeness (QED) is 0.269. The average molecular weight is 521 g/mol. The number of carbonyl (C=O) groups is 3. The number of benzene rings is 3. The number of rotatable bonds is 8. The first kappa shape index (κ1) is 25.5. The van der Waals surface area contributed by atoms with Gasteiger partial charge in [-0.3, -0.25) is 9.59 Å². The highest BCUT2D eigenvalue weighted by Crippen LogP contribution is 2.39. The maximum Gasteiger partial charge on any atom is 0.340 e. The van der Waals surface area contributed by atoms with E-state index in [1.807, 2.05) is 39.0 Å². The molecule has 3 aromatic carbocycles. The van der Waals surface area contributed by atoms with E-state index in [0.717, 1.165) is 26.6 Å². The van der Waals surface area contributed by atoms with E-state index in [4.69, 9.17) is 16.3 Å². The Labute approximate surface area is 219 Å². The SMILES string of the molecule is CCCOC(=O)c1ccccc1N1C(=O)C(Nc2cc(C)ccc2C)=C(Sc2ccc(Cl)cc2)C1=O. The summed E-state index contributed by atoms with van der Waals surface area (Å²) < 4.78 is 5.30. The zero-order valence-electron chi connectivity index (χ0n) is 20.1. The Hall–Kier alpha value is -3.55. The molecule has 6 nitrogen and oxygen atoms in total. The van der Waals surface area contributed by atoms with Crippen LogP contribution >= 0.6 is 23.4 Å². The van der Waals surface area contributed by atoms with Gasteiger partial charge in [-0.2, -0.15) is 0 Å². The van der Waals surface area contributed by atoms with Gasteiger partial charge >= 0.3 is 5.97 Å². The van der Waals surface area contributed by atoms with Crippen molar-refractivity contribution in [3.05, 3.63) is 99.0 Å². The van der Waals surface area contributed by atoms with Crippen LogP contribution in [0.4, 0.5) is 11.4 Å². The molecule has 3 aromatic rings. The van der Waals surface area contributed by atoms with Crippen LogP contribution in [0.25, 0.3) is 0 Å². The van der Waals surface area contributed by atoms with Crippen molar-refractivity contribution < 1.29 is 19.1 Å². The highest BCUT2D eigenvalue weighted by atomic mass is 35.5. The van der Waals surface area contributed by atoms with Crippen LogP contribution in [0.2, 0.25) is 5.02 Å². The van der Waals surface area contributed by atoms with Crippen LogP contribution in [0.3, 0.4) is 0 Å². The molecule has 1 aliphatic heterocycles. The fourth-order valence-electron chi connectivity index (χ4n) is 3.67. The first-order valence-electron chi connectivity index (χ1n) is 11.5. The Kier molecular flexibility index (Phi) is 7.82. The normalized spacial score (nSPS) is 13.4. The number of nitrogens with one attached hydrogen (secondary N) is 1. The Morgan fingerprint density at radius 1 is 1.00 bits per heavy atom. The number of hydrogen-bond acceptors (Lipinski definition) is 6. The van der Waals surface area contributed by atoms with E-state index in [-0.39, 0.29) is 28.5 Å². The van der Waals surface area contributed by atoms with Gasteiger partial charge in [0.15, 0.2) is 0 Å². The number of aryl methyl sites for hydroxylation is 2. The Morgan fingerprint density at radius 3 is 2.44 bits per heavy atom. The van der Waals surface area contributed by atoms with E-state index in [9.17, 15) is 14.4 Å². The van der Waals surface area contributed by atoms with Crippen LogP contribution in [-0.2, 0) is 14.3 Å². The largest absolute Gasteiger partial charge is 0.462 e. The van der Waals surface area contributed by atoms with Gasteiger partial charge in [0.1, 0.15) is 10.6 Å². The number of para-hydroxylation sites is 1. The Balaban J connectivity index is 1.78. The van der Waals surface area contributed by atoms with Crippen molar-refractivity contribution in [3.8, 4) is 0 Å². The molecule has 0 aromatic heterocycles. The molecule has 0 spiro atoms. The third kappa shape index (κ3) is 5.32. The van der Waals surface area contributed by atoms with Crippen molar-refractivity contribution in [1.82, 2.24) is 0 Å². The maximum absolute atomic E-state index is 13.8. The fourth-order valence-corrected chi connectivity index (χ4v) is 4.73. The van der Waals surface area contributed by atoms with Gasteiger partial charge in [-0.05, 0) is 73.9 Å². The van der Waals surface area contributed by atoms with E-state index < -0.39 is 17.8 Å². The molecular formula is C28H25ClN2O4S. The summed E-state index contributed by atoms with van der Waals surface area (Å²) in [6.45, 7) is 6.01. The van der Waals surface area contributed by atoms with Crippen LogP contribution in [0.15, 0.2) is 82.2 Å². The Bertz CT molecular complexity index is 1370. The van der Waals surface area contributed by atoms with Gasteiger partial charge < -0.3 is 10.1 Å². The molecule has 0 saturated heterocycles. The highest BCUT2D eigenvalue weighted by molar-refractivity contribution is 8.04. The van der Waals surface area contributed by atoms with E-state index in [0.29, 0.717) is 11.4 Å². The van der Waals surface area contributed by atoms with Crippen molar-refractivity contribution in [3.63, 3.8) is 0 Å². The number of anilines is 2. The number of nitrogens with zero attached hydrogens (tertiary/aromatic N) is 1. The smallest absolute Gasteiger partial charge is 0.340 e. The summed E-state index contributed by atoms with van der Waals surface area (Å²) >= 11 is 7.19. The number of carbonyl (C=O) groups excluding carboxylic acids is 3. The van der Waals surface area contributed by atoms with Crippen LogP contribution < -0.4 is 10.2 Å².